The lowest BCUT2D eigenvalue weighted by Gasteiger charge is -2.35. The van der Waals surface area contributed by atoms with E-state index in [0.717, 1.165) is 44.1 Å². The maximum Gasteiger partial charge on any atom is 0.348 e. The summed E-state index contributed by atoms with van der Waals surface area (Å²) in [7, 11) is 1.42. The number of methoxy groups -OCH3 is 1. The number of esters is 1. The Kier molecular flexibility index (Phi) is 4.65. The number of hydrogen-bond acceptors (Lipinski definition) is 7. The summed E-state index contributed by atoms with van der Waals surface area (Å²) in [4.78, 5) is 17.0. The van der Waals surface area contributed by atoms with E-state index in [2.05, 4.69) is 20.0 Å². The van der Waals surface area contributed by atoms with Crippen molar-refractivity contribution in [3.8, 4) is 0 Å². The number of ether oxygens (including phenoxy) is 1. The highest BCUT2D eigenvalue weighted by Crippen LogP contribution is 2.21. The average molecular weight is 318 g/mol. The smallest absolute Gasteiger partial charge is 0.348 e. The molecule has 2 aromatic heterocycles. The summed E-state index contributed by atoms with van der Waals surface area (Å²) >= 11 is 1.44. The second-order valence-electron chi connectivity index (χ2n) is 5.11. The summed E-state index contributed by atoms with van der Waals surface area (Å²) in [5.74, 6) is 0.677. The van der Waals surface area contributed by atoms with Gasteiger partial charge in [0.25, 0.3) is 0 Å². The molecule has 0 aromatic carbocycles. The van der Waals surface area contributed by atoms with Crippen molar-refractivity contribution in [2.24, 2.45) is 0 Å². The molecule has 0 N–H and O–H groups in total. The molecule has 1 fully saturated rings. The van der Waals surface area contributed by atoms with Gasteiger partial charge in [-0.3, -0.25) is 4.90 Å². The monoisotopic (exact) mass is 318 g/mol. The standard InChI is InChI=1S/C15H18N4O2S/c1-21-15(20)14-12(4-10-22-14)11-18-6-8-19(9-7-18)13-3-2-5-16-17-13/h2-5,10H,6-9,11H2,1H3. The minimum absolute atomic E-state index is 0.247. The van der Waals surface area contributed by atoms with E-state index < -0.39 is 0 Å². The Bertz CT molecular complexity index is 623. The highest BCUT2D eigenvalue weighted by atomic mass is 32.1. The first-order valence-corrected chi connectivity index (χ1v) is 8.05. The Balaban J connectivity index is 1.59. The molecule has 1 aliphatic rings. The third-order valence-electron chi connectivity index (χ3n) is 3.77. The first-order valence-electron chi connectivity index (χ1n) is 7.17. The Hall–Kier alpha value is -1.99. The van der Waals surface area contributed by atoms with Gasteiger partial charge in [0.1, 0.15) is 4.88 Å². The molecule has 1 aliphatic heterocycles. The average Bonchev–Trinajstić information content (AvgIpc) is 3.04. The number of piperazine rings is 1. The molecule has 116 valence electrons. The molecular weight excluding hydrogens is 300 g/mol. The van der Waals surface area contributed by atoms with Crippen molar-refractivity contribution in [2.45, 2.75) is 6.54 Å². The first-order chi connectivity index (χ1) is 10.8. The highest BCUT2D eigenvalue weighted by molar-refractivity contribution is 7.12. The molecule has 0 bridgehead atoms. The Morgan fingerprint density at radius 3 is 2.82 bits per heavy atom. The highest BCUT2D eigenvalue weighted by Gasteiger charge is 2.21. The first kappa shape index (κ1) is 14.9. The molecular formula is C15H18N4O2S. The minimum atomic E-state index is -0.247. The van der Waals surface area contributed by atoms with Gasteiger partial charge in [-0.05, 0) is 29.1 Å². The molecule has 3 rings (SSSR count). The van der Waals surface area contributed by atoms with E-state index >= 15 is 0 Å². The van der Waals surface area contributed by atoms with Crippen LogP contribution in [0.5, 0.6) is 0 Å². The fourth-order valence-electron chi connectivity index (χ4n) is 2.57. The van der Waals surface area contributed by atoms with Crippen molar-refractivity contribution in [1.29, 1.82) is 0 Å². The number of aromatic nitrogens is 2. The molecule has 0 amide bonds. The molecule has 0 aliphatic carbocycles. The molecule has 0 radical (unpaired) electrons. The van der Waals surface area contributed by atoms with Crippen LogP contribution < -0.4 is 4.90 Å². The van der Waals surface area contributed by atoms with Crippen LogP contribution in [0.4, 0.5) is 5.82 Å². The lowest BCUT2D eigenvalue weighted by atomic mass is 10.2. The zero-order valence-electron chi connectivity index (χ0n) is 12.4. The number of anilines is 1. The summed E-state index contributed by atoms with van der Waals surface area (Å²) in [6.07, 6.45) is 1.69. The van der Waals surface area contributed by atoms with Crippen molar-refractivity contribution < 1.29 is 9.53 Å². The van der Waals surface area contributed by atoms with Crippen molar-refractivity contribution in [2.75, 3.05) is 38.2 Å². The van der Waals surface area contributed by atoms with Crippen LogP contribution in [0.15, 0.2) is 29.8 Å². The van der Waals surface area contributed by atoms with Gasteiger partial charge < -0.3 is 9.64 Å². The molecule has 6 nitrogen and oxygen atoms in total. The predicted molar refractivity (Wildman–Crippen MR) is 85.2 cm³/mol. The third-order valence-corrected chi connectivity index (χ3v) is 4.70. The zero-order chi connectivity index (χ0) is 15.4. The van der Waals surface area contributed by atoms with Crippen LogP contribution in [0, 0.1) is 0 Å². The Morgan fingerprint density at radius 1 is 1.32 bits per heavy atom. The molecule has 0 spiro atoms. The maximum atomic E-state index is 11.7. The van der Waals surface area contributed by atoms with Crippen molar-refractivity contribution in [1.82, 2.24) is 15.1 Å². The number of rotatable bonds is 4. The van der Waals surface area contributed by atoms with Gasteiger partial charge in [-0.15, -0.1) is 16.4 Å². The van der Waals surface area contributed by atoms with E-state index in [-0.39, 0.29) is 5.97 Å². The van der Waals surface area contributed by atoms with Crippen LogP contribution in [-0.4, -0.2) is 54.4 Å². The van der Waals surface area contributed by atoms with E-state index in [9.17, 15) is 4.79 Å². The molecule has 1 saturated heterocycles. The number of hydrogen-bond donors (Lipinski definition) is 0. The lowest BCUT2D eigenvalue weighted by Crippen LogP contribution is -2.46. The van der Waals surface area contributed by atoms with Crippen molar-refractivity contribution in [3.05, 3.63) is 40.2 Å². The largest absolute Gasteiger partial charge is 0.465 e. The van der Waals surface area contributed by atoms with E-state index in [1.807, 2.05) is 23.6 Å². The number of thiophene rings is 1. The van der Waals surface area contributed by atoms with Crippen LogP contribution >= 0.6 is 11.3 Å². The second kappa shape index (κ2) is 6.85. The molecule has 0 saturated carbocycles. The number of carbonyl (C=O) groups is 1. The quantitative estimate of drug-likeness (QED) is 0.799. The Labute approximate surface area is 133 Å². The van der Waals surface area contributed by atoms with Crippen LogP contribution in [0.2, 0.25) is 0 Å². The second-order valence-corrected chi connectivity index (χ2v) is 6.03. The SMILES string of the molecule is COC(=O)c1sccc1CN1CCN(c2cccnn2)CC1. The summed E-state index contributed by atoms with van der Waals surface area (Å²) in [5, 5.41) is 10.0. The van der Waals surface area contributed by atoms with Gasteiger partial charge in [0.2, 0.25) is 0 Å². The van der Waals surface area contributed by atoms with Crippen LogP contribution in [0.3, 0.4) is 0 Å². The fourth-order valence-corrected chi connectivity index (χ4v) is 3.40. The van der Waals surface area contributed by atoms with E-state index in [1.165, 1.54) is 18.4 Å². The van der Waals surface area contributed by atoms with Crippen molar-refractivity contribution >= 4 is 23.1 Å². The maximum absolute atomic E-state index is 11.7. The Morgan fingerprint density at radius 2 is 2.14 bits per heavy atom. The van der Waals surface area contributed by atoms with Gasteiger partial charge in [-0.2, -0.15) is 5.10 Å². The van der Waals surface area contributed by atoms with E-state index in [1.54, 1.807) is 6.20 Å². The van der Waals surface area contributed by atoms with Crippen LogP contribution in [0.25, 0.3) is 0 Å². The molecule has 22 heavy (non-hydrogen) atoms. The summed E-state index contributed by atoms with van der Waals surface area (Å²) in [6.45, 7) is 4.48. The predicted octanol–water partition coefficient (Wildman–Crippen LogP) is 1.65. The van der Waals surface area contributed by atoms with E-state index in [4.69, 9.17) is 4.74 Å². The zero-order valence-corrected chi connectivity index (χ0v) is 13.3. The van der Waals surface area contributed by atoms with Gasteiger partial charge >= 0.3 is 5.97 Å². The number of nitrogens with zero attached hydrogens (tertiary/aromatic N) is 4. The van der Waals surface area contributed by atoms with Crippen molar-refractivity contribution in [3.63, 3.8) is 0 Å². The number of carbonyl (C=O) groups excluding carboxylic acids is 1. The normalized spacial score (nSPS) is 15.8. The molecule has 7 heteroatoms. The minimum Gasteiger partial charge on any atom is -0.465 e. The van der Waals surface area contributed by atoms with Gasteiger partial charge in [0.15, 0.2) is 5.82 Å². The molecule has 0 atom stereocenters. The third kappa shape index (κ3) is 3.26. The fraction of sp³-hybridized carbons (Fsp3) is 0.400. The molecule has 3 heterocycles. The van der Waals surface area contributed by atoms with Gasteiger partial charge in [0.05, 0.1) is 7.11 Å². The van der Waals surface area contributed by atoms with Gasteiger partial charge in [0, 0.05) is 38.9 Å². The van der Waals surface area contributed by atoms with Gasteiger partial charge in [-0.1, -0.05) is 0 Å². The summed E-state index contributed by atoms with van der Waals surface area (Å²) < 4.78 is 4.83. The van der Waals surface area contributed by atoms with Crippen LogP contribution in [-0.2, 0) is 11.3 Å². The molecule has 2 aromatic rings. The molecule has 0 unspecified atom stereocenters. The van der Waals surface area contributed by atoms with Crippen LogP contribution in [0.1, 0.15) is 15.2 Å². The lowest BCUT2D eigenvalue weighted by molar-refractivity contribution is 0.0604. The topological polar surface area (TPSA) is 58.6 Å². The van der Waals surface area contributed by atoms with E-state index in [0.29, 0.717) is 4.88 Å². The van der Waals surface area contributed by atoms with Gasteiger partial charge in [-0.25, -0.2) is 4.79 Å². The summed E-state index contributed by atoms with van der Waals surface area (Å²) in [6, 6.07) is 5.89. The summed E-state index contributed by atoms with van der Waals surface area (Å²) in [5.41, 5.74) is 1.05.